The average Bonchev–Trinajstić information content (AvgIpc) is 2.43. The molecule has 1 nitrogen and oxygen atoms in total. The largest absolute Gasteiger partial charge is 0.299 e. The fourth-order valence-corrected chi connectivity index (χ4v) is 3.12. The maximum atomic E-state index is 7.62. The van der Waals surface area contributed by atoms with E-state index in [4.69, 9.17) is 5.41 Å². The maximum absolute atomic E-state index is 7.62. The quantitative estimate of drug-likeness (QED) is 0.383. The van der Waals surface area contributed by atoms with Crippen LogP contribution in [0.15, 0.2) is 54.6 Å². The molecule has 0 fully saturated rings. The smallest absolute Gasteiger partial charge is 0.0613 e. The molecule has 0 amide bonds. The normalized spacial score (nSPS) is 11.0. The van der Waals surface area contributed by atoms with Crippen LogP contribution in [0.25, 0.3) is 21.5 Å². The minimum atomic E-state index is 0.664. The first-order valence-electron chi connectivity index (χ1n) is 6.33. The third-order valence-electron chi connectivity index (χ3n) is 3.32. The molecule has 1 N–H and O–H groups in total. The molecule has 3 aromatic carbocycles. The first-order chi connectivity index (χ1) is 9.25. The maximum Gasteiger partial charge on any atom is 0.0613 e. The highest BCUT2D eigenvalue weighted by atomic mass is 32.2. The summed E-state index contributed by atoms with van der Waals surface area (Å²) in [5, 5.41) is 13.4. The molecule has 0 atom stereocenters. The Kier molecular flexibility index (Phi) is 3.26. The van der Waals surface area contributed by atoms with Gasteiger partial charge in [0.1, 0.15) is 0 Å². The summed E-state index contributed by atoms with van der Waals surface area (Å²) >= 11 is 1.60. The van der Waals surface area contributed by atoms with Gasteiger partial charge in [0.2, 0.25) is 0 Å². The van der Waals surface area contributed by atoms with Gasteiger partial charge in [-0.2, -0.15) is 0 Å². The van der Waals surface area contributed by atoms with E-state index < -0.39 is 0 Å². The topological polar surface area (TPSA) is 23.9 Å². The van der Waals surface area contributed by atoms with E-state index in [1.165, 1.54) is 27.1 Å². The molecule has 0 aliphatic heterocycles. The first kappa shape index (κ1) is 12.2. The molecular formula is C17H15NS. The van der Waals surface area contributed by atoms with Crippen molar-refractivity contribution in [3.63, 3.8) is 0 Å². The number of thioether (sulfide) groups is 1. The van der Waals surface area contributed by atoms with Crippen molar-refractivity contribution in [2.45, 2.75) is 12.7 Å². The predicted octanol–water partition coefficient (Wildman–Crippen LogP) is 5.22. The third kappa shape index (κ3) is 2.36. The van der Waals surface area contributed by atoms with Crippen molar-refractivity contribution in [2.75, 3.05) is 0 Å². The van der Waals surface area contributed by atoms with Crippen molar-refractivity contribution in [3.8, 4) is 0 Å². The highest BCUT2D eigenvalue weighted by molar-refractivity contribution is 8.13. The highest BCUT2D eigenvalue weighted by Gasteiger charge is 2.07. The van der Waals surface area contributed by atoms with Crippen molar-refractivity contribution in [1.29, 1.82) is 5.41 Å². The molecule has 94 valence electrons. The Morgan fingerprint density at radius 3 is 2.00 bits per heavy atom. The van der Waals surface area contributed by atoms with E-state index >= 15 is 0 Å². The molecule has 0 radical (unpaired) electrons. The molecule has 0 saturated heterocycles. The van der Waals surface area contributed by atoms with Gasteiger partial charge in [-0.1, -0.05) is 48.5 Å². The lowest BCUT2D eigenvalue weighted by atomic mass is 9.98. The molecule has 3 aromatic rings. The summed E-state index contributed by atoms with van der Waals surface area (Å²) in [6.07, 6.45) is 0. The molecule has 0 aromatic heterocycles. The fourth-order valence-electron chi connectivity index (χ4n) is 2.44. The van der Waals surface area contributed by atoms with E-state index in [9.17, 15) is 0 Å². The molecule has 0 aliphatic rings. The molecule has 0 saturated carbocycles. The SMILES string of the molecule is CC(=N)SCc1c2ccccc2cc2ccccc12. The van der Waals surface area contributed by atoms with E-state index in [1.807, 2.05) is 6.92 Å². The van der Waals surface area contributed by atoms with E-state index in [0.29, 0.717) is 5.04 Å². The van der Waals surface area contributed by atoms with Crippen molar-refractivity contribution in [2.24, 2.45) is 0 Å². The van der Waals surface area contributed by atoms with Crippen LogP contribution >= 0.6 is 11.8 Å². The molecule has 0 aliphatic carbocycles. The molecule has 19 heavy (non-hydrogen) atoms. The summed E-state index contributed by atoms with van der Waals surface area (Å²) in [6, 6.07) is 19.3. The zero-order valence-corrected chi connectivity index (χ0v) is 11.6. The second kappa shape index (κ2) is 5.06. The molecule has 0 bridgehead atoms. The Hall–Kier alpha value is -1.80. The van der Waals surface area contributed by atoms with Gasteiger partial charge in [-0.25, -0.2) is 0 Å². The second-order valence-electron chi connectivity index (χ2n) is 4.64. The second-order valence-corrected chi connectivity index (χ2v) is 5.83. The lowest BCUT2D eigenvalue weighted by Gasteiger charge is -2.11. The number of benzene rings is 3. The molecular weight excluding hydrogens is 250 g/mol. The Morgan fingerprint density at radius 2 is 1.47 bits per heavy atom. The van der Waals surface area contributed by atoms with Gasteiger partial charge in [0.05, 0.1) is 5.04 Å². The van der Waals surface area contributed by atoms with Crippen LogP contribution in [0.1, 0.15) is 12.5 Å². The molecule has 0 unspecified atom stereocenters. The van der Waals surface area contributed by atoms with Gasteiger partial charge < -0.3 is 0 Å². The number of hydrogen-bond donors (Lipinski definition) is 1. The zero-order chi connectivity index (χ0) is 13.2. The van der Waals surface area contributed by atoms with Crippen molar-refractivity contribution in [1.82, 2.24) is 0 Å². The van der Waals surface area contributed by atoms with Crippen LogP contribution in [0, 0.1) is 5.41 Å². The van der Waals surface area contributed by atoms with Crippen molar-refractivity contribution >= 4 is 38.4 Å². The molecule has 0 spiro atoms. The van der Waals surface area contributed by atoms with Gasteiger partial charge in [0, 0.05) is 5.75 Å². The van der Waals surface area contributed by atoms with Crippen LogP contribution in [0.4, 0.5) is 0 Å². The van der Waals surface area contributed by atoms with Crippen LogP contribution in [-0.4, -0.2) is 5.04 Å². The van der Waals surface area contributed by atoms with E-state index in [1.54, 1.807) is 11.8 Å². The Bertz CT molecular complexity index is 707. The number of fused-ring (bicyclic) bond motifs is 2. The molecule has 2 heteroatoms. The van der Waals surface area contributed by atoms with Crippen LogP contribution < -0.4 is 0 Å². The zero-order valence-electron chi connectivity index (χ0n) is 10.8. The van der Waals surface area contributed by atoms with Gasteiger partial charge in [0.15, 0.2) is 0 Å². The number of nitrogens with one attached hydrogen (secondary N) is 1. The Morgan fingerprint density at radius 1 is 0.947 bits per heavy atom. The van der Waals surface area contributed by atoms with Gasteiger partial charge >= 0.3 is 0 Å². The summed E-state index contributed by atoms with van der Waals surface area (Å²) in [4.78, 5) is 0. The summed E-state index contributed by atoms with van der Waals surface area (Å²) in [7, 11) is 0. The third-order valence-corrected chi connectivity index (χ3v) is 4.18. The lowest BCUT2D eigenvalue weighted by molar-refractivity contribution is 1.50. The van der Waals surface area contributed by atoms with Crippen LogP contribution in [0.2, 0.25) is 0 Å². The standard InChI is InChI=1S/C17H15NS/c1-12(18)19-11-17-15-8-4-2-6-13(15)10-14-7-3-5-9-16(14)17/h2-10,18H,11H2,1H3. The predicted molar refractivity (Wildman–Crippen MR) is 86.1 cm³/mol. The van der Waals surface area contributed by atoms with E-state index in [2.05, 4.69) is 54.6 Å². The average molecular weight is 265 g/mol. The van der Waals surface area contributed by atoms with Crippen molar-refractivity contribution < 1.29 is 0 Å². The van der Waals surface area contributed by atoms with Gasteiger partial charge in [-0.15, -0.1) is 11.8 Å². The van der Waals surface area contributed by atoms with Crippen LogP contribution in [-0.2, 0) is 5.75 Å². The minimum Gasteiger partial charge on any atom is -0.299 e. The monoisotopic (exact) mass is 265 g/mol. The van der Waals surface area contributed by atoms with Gasteiger partial charge in [-0.3, -0.25) is 5.41 Å². The van der Waals surface area contributed by atoms with Crippen LogP contribution in [0.5, 0.6) is 0 Å². The van der Waals surface area contributed by atoms with E-state index in [0.717, 1.165) is 5.75 Å². The van der Waals surface area contributed by atoms with Crippen LogP contribution in [0.3, 0.4) is 0 Å². The summed E-state index contributed by atoms with van der Waals surface area (Å²) in [5.74, 6) is 0.858. The number of rotatable bonds is 2. The highest BCUT2D eigenvalue weighted by Crippen LogP contribution is 2.31. The Labute approximate surface area is 117 Å². The minimum absolute atomic E-state index is 0.664. The summed E-state index contributed by atoms with van der Waals surface area (Å²) in [6.45, 7) is 1.85. The number of hydrogen-bond acceptors (Lipinski definition) is 2. The van der Waals surface area contributed by atoms with Crippen molar-refractivity contribution in [3.05, 3.63) is 60.2 Å². The molecule has 0 heterocycles. The summed E-state index contributed by atoms with van der Waals surface area (Å²) < 4.78 is 0. The summed E-state index contributed by atoms with van der Waals surface area (Å²) in [5.41, 5.74) is 1.34. The Balaban J connectivity index is 2.29. The first-order valence-corrected chi connectivity index (χ1v) is 7.31. The fraction of sp³-hybridized carbons (Fsp3) is 0.118. The van der Waals surface area contributed by atoms with E-state index in [-0.39, 0.29) is 0 Å². The lowest BCUT2D eigenvalue weighted by Crippen LogP contribution is -1.90. The molecule has 3 rings (SSSR count). The van der Waals surface area contributed by atoms with Gasteiger partial charge in [0.25, 0.3) is 0 Å². The van der Waals surface area contributed by atoms with Gasteiger partial charge in [-0.05, 0) is 40.1 Å².